The first-order chi connectivity index (χ1) is 8.08. The van der Waals surface area contributed by atoms with Crippen molar-refractivity contribution in [3.8, 4) is 0 Å². The molecule has 17 heavy (non-hydrogen) atoms. The summed E-state index contributed by atoms with van der Waals surface area (Å²) >= 11 is 5.57. The minimum absolute atomic E-state index is 0.00383. The van der Waals surface area contributed by atoms with E-state index in [9.17, 15) is 9.59 Å². The molecule has 0 aliphatic rings. The van der Waals surface area contributed by atoms with E-state index in [0.29, 0.717) is 6.54 Å². The lowest BCUT2D eigenvalue weighted by Crippen LogP contribution is -2.39. The van der Waals surface area contributed by atoms with Gasteiger partial charge in [0.15, 0.2) is 0 Å². The molecule has 0 aliphatic heterocycles. The summed E-state index contributed by atoms with van der Waals surface area (Å²) in [6.45, 7) is 2.19. The van der Waals surface area contributed by atoms with Gasteiger partial charge >= 0.3 is 0 Å². The van der Waals surface area contributed by atoms with E-state index in [0.717, 1.165) is 0 Å². The highest BCUT2D eigenvalue weighted by Gasteiger charge is 2.18. The van der Waals surface area contributed by atoms with E-state index in [1.165, 1.54) is 24.3 Å². The summed E-state index contributed by atoms with van der Waals surface area (Å²) in [6, 6.07) is 0. The summed E-state index contributed by atoms with van der Waals surface area (Å²) in [4.78, 5) is 32.2. The first-order valence-electron chi connectivity index (χ1n) is 5.05. The quantitative estimate of drug-likeness (QED) is 0.843. The molecule has 0 unspecified atom stereocenters. The number of rotatable bonds is 4. The molecule has 1 heterocycles. The third-order valence-electron chi connectivity index (χ3n) is 2.12. The number of carbonyl (C=O) groups is 2. The van der Waals surface area contributed by atoms with Crippen molar-refractivity contribution in [1.29, 1.82) is 0 Å². The molecule has 0 spiro atoms. The molecule has 0 atom stereocenters. The predicted octanol–water partition coefficient (Wildman–Crippen LogP) is 0.338. The fourth-order valence-corrected chi connectivity index (χ4v) is 1.26. The molecule has 0 fully saturated rings. The van der Waals surface area contributed by atoms with E-state index < -0.39 is 0 Å². The van der Waals surface area contributed by atoms with Crippen LogP contribution in [0.3, 0.4) is 0 Å². The normalized spacial score (nSPS) is 9.82. The second-order valence-electron chi connectivity index (χ2n) is 3.22. The molecule has 92 valence electrons. The average Bonchev–Trinajstić information content (AvgIpc) is 2.35. The van der Waals surface area contributed by atoms with Gasteiger partial charge < -0.3 is 10.2 Å². The van der Waals surface area contributed by atoms with E-state index in [4.69, 9.17) is 11.6 Å². The highest BCUT2D eigenvalue weighted by Crippen LogP contribution is 2.04. The Morgan fingerprint density at radius 2 is 2.12 bits per heavy atom. The lowest BCUT2D eigenvalue weighted by atomic mass is 10.3. The third-order valence-corrected chi connectivity index (χ3v) is 2.32. The number of carbonyl (C=O) groups excluding carboxylic acids is 2. The molecule has 1 N–H and O–H groups in total. The number of aromatic nitrogens is 2. The van der Waals surface area contributed by atoms with Gasteiger partial charge in [-0.15, -0.1) is 0 Å². The minimum Gasteiger partial charge on any atom is -0.358 e. The number of halogens is 1. The van der Waals surface area contributed by atoms with Crippen LogP contribution >= 0.6 is 11.6 Å². The lowest BCUT2D eigenvalue weighted by molar-refractivity contribution is -0.121. The van der Waals surface area contributed by atoms with Crippen molar-refractivity contribution in [2.45, 2.75) is 6.92 Å². The van der Waals surface area contributed by atoms with Gasteiger partial charge in [0.05, 0.1) is 18.9 Å². The molecule has 1 rings (SSSR count). The molecule has 0 saturated carbocycles. The second-order valence-corrected chi connectivity index (χ2v) is 3.60. The SMILES string of the molecule is CCN(CC(=O)NC)C(=O)c1cnc(Cl)cn1. The van der Waals surface area contributed by atoms with Crippen molar-refractivity contribution in [3.05, 3.63) is 23.2 Å². The van der Waals surface area contributed by atoms with Crippen LogP contribution < -0.4 is 5.32 Å². The second kappa shape index (κ2) is 6.15. The van der Waals surface area contributed by atoms with Crippen LogP contribution in [0.15, 0.2) is 12.4 Å². The Morgan fingerprint density at radius 3 is 2.59 bits per heavy atom. The Hall–Kier alpha value is -1.69. The molecular formula is C10H13ClN4O2. The smallest absolute Gasteiger partial charge is 0.274 e. The third kappa shape index (κ3) is 3.67. The van der Waals surface area contributed by atoms with Gasteiger partial charge in [-0.3, -0.25) is 9.59 Å². The molecule has 0 aromatic carbocycles. The van der Waals surface area contributed by atoms with Gasteiger partial charge in [0.2, 0.25) is 5.91 Å². The number of nitrogens with zero attached hydrogens (tertiary/aromatic N) is 3. The topological polar surface area (TPSA) is 75.2 Å². The maximum absolute atomic E-state index is 11.9. The number of amides is 2. The number of likely N-dealkylation sites (N-methyl/N-ethyl adjacent to an activating group) is 2. The monoisotopic (exact) mass is 256 g/mol. The van der Waals surface area contributed by atoms with Crippen molar-refractivity contribution in [3.63, 3.8) is 0 Å². The zero-order valence-electron chi connectivity index (χ0n) is 9.61. The van der Waals surface area contributed by atoms with Crippen molar-refractivity contribution >= 4 is 23.4 Å². The Balaban J connectivity index is 2.78. The van der Waals surface area contributed by atoms with Crippen LogP contribution in [-0.2, 0) is 4.79 Å². The van der Waals surface area contributed by atoms with Crippen molar-refractivity contribution in [2.75, 3.05) is 20.1 Å². The van der Waals surface area contributed by atoms with Crippen LogP contribution in [0, 0.1) is 0 Å². The van der Waals surface area contributed by atoms with Gasteiger partial charge in [0.25, 0.3) is 5.91 Å². The fraction of sp³-hybridized carbons (Fsp3) is 0.400. The minimum atomic E-state index is -0.347. The number of hydrogen-bond donors (Lipinski definition) is 1. The summed E-state index contributed by atoms with van der Waals surface area (Å²) in [5, 5.41) is 2.67. The highest BCUT2D eigenvalue weighted by molar-refractivity contribution is 6.29. The van der Waals surface area contributed by atoms with Crippen LogP contribution in [0.25, 0.3) is 0 Å². The van der Waals surface area contributed by atoms with Crippen molar-refractivity contribution in [1.82, 2.24) is 20.2 Å². The van der Waals surface area contributed by atoms with Gasteiger partial charge in [0, 0.05) is 13.6 Å². The molecule has 0 aliphatic carbocycles. The van der Waals surface area contributed by atoms with Gasteiger partial charge in [-0.25, -0.2) is 9.97 Å². The van der Waals surface area contributed by atoms with Crippen LogP contribution in [-0.4, -0.2) is 46.8 Å². The summed E-state index contributed by atoms with van der Waals surface area (Å²) < 4.78 is 0. The van der Waals surface area contributed by atoms with E-state index >= 15 is 0 Å². The molecule has 6 nitrogen and oxygen atoms in total. The Labute approximate surface area is 104 Å². The van der Waals surface area contributed by atoms with E-state index in [1.807, 2.05) is 0 Å². The largest absolute Gasteiger partial charge is 0.358 e. The summed E-state index contributed by atoms with van der Waals surface area (Å²) in [7, 11) is 1.52. The molecule has 1 aromatic heterocycles. The highest BCUT2D eigenvalue weighted by atomic mass is 35.5. The fourth-order valence-electron chi connectivity index (χ4n) is 1.16. The molecule has 1 aromatic rings. The van der Waals surface area contributed by atoms with Crippen molar-refractivity contribution < 1.29 is 9.59 Å². The van der Waals surface area contributed by atoms with E-state index in [1.54, 1.807) is 6.92 Å². The standard InChI is InChI=1S/C10H13ClN4O2/c1-3-15(6-9(16)12-2)10(17)7-4-14-8(11)5-13-7/h4-5H,3,6H2,1-2H3,(H,12,16). The number of hydrogen-bond acceptors (Lipinski definition) is 4. The average molecular weight is 257 g/mol. The van der Waals surface area contributed by atoms with E-state index in [-0.39, 0.29) is 29.2 Å². The van der Waals surface area contributed by atoms with Crippen LogP contribution in [0.5, 0.6) is 0 Å². The zero-order chi connectivity index (χ0) is 12.8. The summed E-state index contributed by atoms with van der Waals surface area (Å²) in [5.41, 5.74) is 0.167. The molecule has 0 radical (unpaired) electrons. The van der Waals surface area contributed by atoms with Gasteiger partial charge in [-0.2, -0.15) is 0 Å². The molecule has 0 bridgehead atoms. The first kappa shape index (κ1) is 13.4. The Morgan fingerprint density at radius 1 is 1.41 bits per heavy atom. The zero-order valence-corrected chi connectivity index (χ0v) is 10.4. The maximum Gasteiger partial charge on any atom is 0.274 e. The molecule has 7 heteroatoms. The predicted molar refractivity (Wildman–Crippen MR) is 62.7 cm³/mol. The van der Waals surface area contributed by atoms with Gasteiger partial charge in [-0.1, -0.05) is 11.6 Å². The van der Waals surface area contributed by atoms with Crippen LogP contribution in [0.2, 0.25) is 5.15 Å². The van der Waals surface area contributed by atoms with Crippen LogP contribution in [0.1, 0.15) is 17.4 Å². The first-order valence-corrected chi connectivity index (χ1v) is 5.43. The van der Waals surface area contributed by atoms with Gasteiger partial charge in [0.1, 0.15) is 10.8 Å². The van der Waals surface area contributed by atoms with E-state index in [2.05, 4.69) is 15.3 Å². The summed E-state index contributed by atoms with van der Waals surface area (Å²) in [5.74, 6) is -0.581. The molecule has 2 amide bonds. The Kier molecular flexibility index (Phi) is 4.84. The molecular weight excluding hydrogens is 244 g/mol. The number of nitrogens with one attached hydrogen (secondary N) is 1. The van der Waals surface area contributed by atoms with Crippen molar-refractivity contribution in [2.24, 2.45) is 0 Å². The summed E-state index contributed by atoms with van der Waals surface area (Å²) in [6.07, 6.45) is 2.58. The Bertz CT molecular complexity index is 407. The maximum atomic E-state index is 11.9. The van der Waals surface area contributed by atoms with Crippen LogP contribution in [0.4, 0.5) is 0 Å². The van der Waals surface area contributed by atoms with Gasteiger partial charge in [-0.05, 0) is 6.92 Å². The molecule has 0 saturated heterocycles. The lowest BCUT2D eigenvalue weighted by Gasteiger charge is -2.18.